The number of carbonyl (C=O) groups is 1. The fraction of sp³-hybridized carbons (Fsp3) is 0.143. The van der Waals surface area contributed by atoms with Gasteiger partial charge in [-0.2, -0.15) is 0 Å². The van der Waals surface area contributed by atoms with Gasteiger partial charge in [-0.15, -0.1) is 0 Å². The normalized spacial score (nSPS) is 11.6. The number of hydrogen-bond acceptors (Lipinski definition) is 5. The zero-order chi connectivity index (χ0) is 24.9. The van der Waals surface area contributed by atoms with Crippen molar-refractivity contribution in [3.63, 3.8) is 0 Å². The standard InChI is InChI=1S/C28H25ClN2O4/c1-17(32)16-20-8-10-21(11-9-20)22-12-14-23(15-13-22)27-26(18(2)31-35-27)30-28(33)34-19(3)24-6-4-5-7-25(24)29/h4-15,19,32H,1,16H2,2-3H3,(H,30,33)/t19-/m1/s1. The Morgan fingerprint density at radius 1 is 1.06 bits per heavy atom. The predicted octanol–water partition coefficient (Wildman–Crippen LogP) is 7.89. The maximum Gasteiger partial charge on any atom is 0.412 e. The van der Waals surface area contributed by atoms with E-state index in [4.69, 9.17) is 20.9 Å². The molecule has 1 atom stereocenters. The number of benzene rings is 3. The number of nitrogens with zero attached hydrogens (tertiary/aromatic N) is 1. The van der Waals surface area contributed by atoms with Crippen LogP contribution in [-0.4, -0.2) is 16.4 Å². The van der Waals surface area contributed by atoms with Crippen LogP contribution in [0.2, 0.25) is 5.02 Å². The lowest BCUT2D eigenvalue weighted by molar-refractivity contribution is 0.121. The lowest BCUT2D eigenvalue weighted by Crippen LogP contribution is -2.17. The molecule has 1 heterocycles. The molecule has 0 aliphatic carbocycles. The summed E-state index contributed by atoms with van der Waals surface area (Å²) < 4.78 is 11.0. The first-order valence-electron chi connectivity index (χ1n) is 11.1. The second kappa shape index (κ2) is 10.5. The van der Waals surface area contributed by atoms with Crippen molar-refractivity contribution in [1.29, 1.82) is 0 Å². The quantitative estimate of drug-likeness (QED) is 0.258. The van der Waals surface area contributed by atoms with Gasteiger partial charge in [0.15, 0.2) is 5.76 Å². The van der Waals surface area contributed by atoms with Gasteiger partial charge in [0.2, 0.25) is 0 Å². The second-order valence-corrected chi connectivity index (χ2v) is 8.59. The van der Waals surface area contributed by atoms with E-state index < -0.39 is 12.2 Å². The Morgan fingerprint density at radius 2 is 1.66 bits per heavy atom. The van der Waals surface area contributed by atoms with Crippen LogP contribution in [0.3, 0.4) is 0 Å². The van der Waals surface area contributed by atoms with Crippen LogP contribution in [0, 0.1) is 6.92 Å². The number of amides is 1. The van der Waals surface area contributed by atoms with Gasteiger partial charge in [0.05, 0.1) is 5.76 Å². The average Bonchev–Trinajstić information content (AvgIpc) is 3.19. The van der Waals surface area contributed by atoms with E-state index >= 15 is 0 Å². The molecular weight excluding hydrogens is 464 g/mol. The molecule has 7 heteroatoms. The molecule has 0 bridgehead atoms. The molecule has 0 aliphatic rings. The maximum absolute atomic E-state index is 12.6. The minimum Gasteiger partial charge on any atom is -0.513 e. The molecule has 6 nitrogen and oxygen atoms in total. The molecular formula is C28H25ClN2O4. The first-order chi connectivity index (χ1) is 16.8. The molecule has 0 saturated heterocycles. The Balaban J connectivity index is 1.48. The van der Waals surface area contributed by atoms with Crippen molar-refractivity contribution in [2.45, 2.75) is 26.4 Å². The number of ether oxygens (including phenoxy) is 1. The first-order valence-corrected chi connectivity index (χ1v) is 11.4. The minimum absolute atomic E-state index is 0.135. The summed E-state index contributed by atoms with van der Waals surface area (Å²) in [6, 6.07) is 22.9. The van der Waals surface area contributed by atoms with Crippen LogP contribution in [0.25, 0.3) is 22.5 Å². The zero-order valence-corrected chi connectivity index (χ0v) is 20.2. The van der Waals surface area contributed by atoms with Crippen molar-refractivity contribution in [2.75, 3.05) is 5.32 Å². The Bertz CT molecular complexity index is 1340. The van der Waals surface area contributed by atoms with Gasteiger partial charge in [-0.3, -0.25) is 5.32 Å². The van der Waals surface area contributed by atoms with Gasteiger partial charge >= 0.3 is 6.09 Å². The fourth-order valence-corrected chi connectivity index (χ4v) is 4.03. The van der Waals surface area contributed by atoms with E-state index in [2.05, 4.69) is 17.1 Å². The van der Waals surface area contributed by atoms with Crippen molar-refractivity contribution in [1.82, 2.24) is 5.16 Å². The highest BCUT2D eigenvalue weighted by Crippen LogP contribution is 2.33. The summed E-state index contributed by atoms with van der Waals surface area (Å²) in [5.41, 5.74) is 5.50. The van der Waals surface area contributed by atoms with Gasteiger partial charge in [0.25, 0.3) is 0 Å². The van der Waals surface area contributed by atoms with Crippen molar-refractivity contribution in [3.8, 4) is 22.5 Å². The number of rotatable bonds is 7. The number of aliphatic hydroxyl groups is 1. The molecule has 1 amide bonds. The van der Waals surface area contributed by atoms with E-state index in [1.54, 1.807) is 19.9 Å². The third kappa shape index (κ3) is 5.73. The van der Waals surface area contributed by atoms with E-state index in [1.807, 2.05) is 66.7 Å². The van der Waals surface area contributed by atoms with E-state index in [9.17, 15) is 9.90 Å². The molecule has 0 saturated carbocycles. The monoisotopic (exact) mass is 488 g/mol. The van der Waals surface area contributed by atoms with Gasteiger partial charge in [-0.05, 0) is 36.6 Å². The zero-order valence-electron chi connectivity index (χ0n) is 19.4. The molecule has 0 fully saturated rings. The Labute approximate surface area is 208 Å². The summed E-state index contributed by atoms with van der Waals surface area (Å²) in [6.45, 7) is 7.03. The van der Waals surface area contributed by atoms with E-state index in [0.29, 0.717) is 28.6 Å². The van der Waals surface area contributed by atoms with Gasteiger partial charge in [0.1, 0.15) is 17.5 Å². The number of anilines is 1. The van der Waals surface area contributed by atoms with Crippen LogP contribution < -0.4 is 5.32 Å². The molecule has 0 unspecified atom stereocenters. The third-order valence-electron chi connectivity index (χ3n) is 5.56. The molecule has 1 aromatic heterocycles. The van der Waals surface area contributed by atoms with E-state index in [-0.39, 0.29) is 5.76 Å². The van der Waals surface area contributed by atoms with Gasteiger partial charge in [-0.1, -0.05) is 90.1 Å². The van der Waals surface area contributed by atoms with Crippen molar-refractivity contribution in [2.24, 2.45) is 0 Å². The predicted molar refractivity (Wildman–Crippen MR) is 138 cm³/mol. The molecule has 35 heavy (non-hydrogen) atoms. The van der Waals surface area contributed by atoms with Crippen molar-refractivity contribution in [3.05, 3.63) is 107 Å². The number of nitrogens with one attached hydrogen (secondary N) is 1. The van der Waals surface area contributed by atoms with Crippen LogP contribution >= 0.6 is 11.6 Å². The number of allylic oxidation sites excluding steroid dienone is 1. The molecule has 0 radical (unpaired) electrons. The highest BCUT2D eigenvalue weighted by molar-refractivity contribution is 6.31. The Kier molecular flexibility index (Phi) is 7.22. The topological polar surface area (TPSA) is 84.6 Å². The molecule has 2 N–H and O–H groups in total. The van der Waals surface area contributed by atoms with Crippen molar-refractivity contribution < 1.29 is 19.2 Å². The maximum atomic E-state index is 12.6. The second-order valence-electron chi connectivity index (χ2n) is 8.18. The number of halogens is 1. The van der Waals surface area contributed by atoms with Crippen LogP contribution in [0.15, 0.2) is 89.7 Å². The third-order valence-corrected chi connectivity index (χ3v) is 5.90. The van der Waals surface area contributed by atoms with Gasteiger partial charge in [-0.25, -0.2) is 4.79 Å². The fourth-order valence-electron chi connectivity index (χ4n) is 3.74. The van der Waals surface area contributed by atoms with Crippen LogP contribution in [0.5, 0.6) is 0 Å². The molecule has 4 rings (SSSR count). The lowest BCUT2D eigenvalue weighted by atomic mass is 10.0. The van der Waals surface area contributed by atoms with Gasteiger partial charge < -0.3 is 14.4 Å². The Hall–Kier alpha value is -4.03. The van der Waals surface area contributed by atoms with Crippen LogP contribution in [-0.2, 0) is 11.2 Å². The van der Waals surface area contributed by atoms with E-state index in [0.717, 1.165) is 27.8 Å². The summed E-state index contributed by atoms with van der Waals surface area (Å²) in [5, 5.41) is 16.7. The van der Waals surface area contributed by atoms with Crippen molar-refractivity contribution >= 4 is 23.4 Å². The summed E-state index contributed by atoms with van der Waals surface area (Å²) in [5.74, 6) is 0.573. The molecule has 0 spiro atoms. The number of aliphatic hydroxyl groups excluding tert-OH is 1. The largest absolute Gasteiger partial charge is 0.513 e. The summed E-state index contributed by atoms with van der Waals surface area (Å²) in [4.78, 5) is 12.6. The minimum atomic E-state index is -0.632. The van der Waals surface area contributed by atoms with Crippen LogP contribution in [0.1, 0.15) is 29.8 Å². The van der Waals surface area contributed by atoms with Gasteiger partial charge in [0, 0.05) is 22.6 Å². The Morgan fingerprint density at radius 3 is 2.29 bits per heavy atom. The van der Waals surface area contributed by atoms with E-state index in [1.165, 1.54) is 0 Å². The number of aromatic nitrogens is 1. The summed E-state index contributed by atoms with van der Waals surface area (Å²) >= 11 is 6.21. The first kappa shape index (κ1) is 24.1. The molecule has 0 aliphatic heterocycles. The summed E-state index contributed by atoms with van der Waals surface area (Å²) in [7, 11) is 0. The smallest absolute Gasteiger partial charge is 0.412 e. The highest BCUT2D eigenvalue weighted by atomic mass is 35.5. The molecule has 4 aromatic rings. The SMILES string of the molecule is C=C(O)Cc1ccc(-c2ccc(-c3onc(C)c3NC(=O)O[C@H](C)c3ccccc3Cl)cc2)cc1. The number of aryl methyl sites for hydroxylation is 1. The average molecular weight is 489 g/mol. The summed E-state index contributed by atoms with van der Waals surface area (Å²) in [6.07, 6.45) is -0.736. The number of carbonyl (C=O) groups excluding carboxylic acids is 1. The number of hydrogen-bond donors (Lipinski definition) is 2. The molecule has 178 valence electrons. The lowest BCUT2D eigenvalue weighted by Gasteiger charge is -2.15. The molecule has 3 aromatic carbocycles. The highest BCUT2D eigenvalue weighted by Gasteiger charge is 2.20. The van der Waals surface area contributed by atoms with Crippen LogP contribution in [0.4, 0.5) is 10.5 Å².